The molecule has 0 aliphatic rings. The molecule has 0 aliphatic heterocycles. The van der Waals surface area contributed by atoms with Crippen LogP contribution < -0.4 is 11.1 Å². The van der Waals surface area contributed by atoms with Gasteiger partial charge in [-0.15, -0.1) is 0 Å². The fraction of sp³-hybridized carbons (Fsp3) is 0.0909. The number of hydrogen-bond donors (Lipinski definition) is 2. The lowest BCUT2D eigenvalue weighted by Crippen LogP contribution is -2.45. The van der Waals surface area contributed by atoms with Crippen LogP contribution in [0.4, 0.5) is 4.39 Å². The molecule has 0 unspecified atom stereocenters. The van der Waals surface area contributed by atoms with Crippen LogP contribution in [-0.2, 0) is 11.2 Å². The molecule has 0 radical (unpaired) electrons. The highest BCUT2D eigenvalue weighted by atomic mass is 19.1. The van der Waals surface area contributed by atoms with E-state index < -0.39 is 23.7 Å². The van der Waals surface area contributed by atoms with E-state index in [9.17, 15) is 14.0 Å². The normalized spacial score (nSPS) is 11.6. The van der Waals surface area contributed by atoms with Crippen LogP contribution in [0.15, 0.2) is 78.9 Å². The first-order valence-electron chi connectivity index (χ1n) is 8.53. The maximum Gasteiger partial charge on any atom is 0.251 e. The van der Waals surface area contributed by atoms with Gasteiger partial charge in [0, 0.05) is 12.0 Å². The van der Waals surface area contributed by atoms with E-state index in [4.69, 9.17) is 5.73 Å². The molecule has 0 aromatic heterocycles. The molecule has 0 saturated carbocycles. The molecule has 136 valence electrons. The van der Waals surface area contributed by atoms with E-state index in [1.54, 1.807) is 24.3 Å². The average Bonchev–Trinajstić information content (AvgIpc) is 2.68. The van der Waals surface area contributed by atoms with E-state index in [0.717, 1.165) is 11.1 Å². The lowest BCUT2D eigenvalue weighted by atomic mass is 10.0. The maximum atomic E-state index is 13.3. The minimum Gasteiger partial charge on any atom is -0.368 e. The van der Waals surface area contributed by atoms with Gasteiger partial charge in [-0.05, 0) is 41.0 Å². The highest BCUT2D eigenvalue weighted by Gasteiger charge is 2.19. The van der Waals surface area contributed by atoms with Crippen LogP contribution in [0, 0.1) is 5.82 Å². The zero-order chi connectivity index (χ0) is 19.2. The Morgan fingerprint density at radius 3 is 2.19 bits per heavy atom. The van der Waals surface area contributed by atoms with Gasteiger partial charge in [-0.3, -0.25) is 9.59 Å². The third kappa shape index (κ3) is 4.79. The van der Waals surface area contributed by atoms with Crippen molar-refractivity contribution in [1.29, 1.82) is 0 Å². The lowest BCUT2D eigenvalue weighted by molar-refractivity contribution is -0.119. The van der Waals surface area contributed by atoms with Crippen LogP contribution in [0.1, 0.15) is 15.9 Å². The van der Waals surface area contributed by atoms with Crippen LogP contribution in [0.5, 0.6) is 0 Å². The highest BCUT2D eigenvalue weighted by molar-refractivity contribution is 5.97. The summed E-state index contributed by atoms with van der Waals surface area (Å²) in [5, 5.41) is 2.62. The molecule has 1 atom stereocenters. The molecule has 2 amide bonds. The van der Waals surface area contributed by atoms with Crippen LogP contribution in [-0.4, -0.2) is 17.9 Å². The fourth-order valence-electron chi connectivity index (χ4n) is 2.81. The number of nitrogens with one attached hydrogen (secondary N) is 1. The van der Waals surface area contributed by atoms with Crippen molar-refractivity contribution in [1.82, 2.24) is 5.32 Å². The Kier molecular flexibility index (Phi) is 5.61. The number of rotatable bonds is 6. The molecule has 5 heteroatoms. The molecule has 0 fully saturated rings. The van der Waals surface area contributed by atoms with Crippen molar-refractivity contribution in [3.05, 3.63) is 95.8 Å². The summed E-state index contributed by atoms with van der Waals surface area (Å²) in [4.78, 5) is 24.2. The van der Waals surface area contributed by atoms with E-state index in [-0.39, 0.29) is 6.42 Å². The molecule has 0 aliphatic carbocycles. The molecule has 3 N–H and O–H groups in total. The zero-order valence-corrected chi connectivity index (χ0v) is 14.6. The van der Waals surface area contributed by atoms with Gasteiger partial charge in [0.1, 0.15) is 11.9 Å². The Morgan fingerprint density at radius 1 is 0.889 bits per heavy atom. The van der Waals surface area contributed by atoms with E-state index in [1.165, 1.54) is 12.1 Å². The predicted octanol–water partition coefficient (Wildman–Crippen LogP) is 3.32. The number of carbonyl (C=O) groups is 2. The number of benzene rings is 3. The van der Waals surface area contributed by atoms with Crippen LogP contribution in [0.3, 0.4) is 0 Å². The lowest BCUT2D eigenvalue weighted by Gasteiger charge is -2.16. The molecule has 3 aromatic rings. The Morgan fingerprint density at radius 2 is 1.56 bits per heavy atom. The molecular weight excluding hydrogens is 343 g/mol. The largest absolute Gasteiger partial charge is 0.368 e. The standard InChI is InChI=1S/C22H19FN2O2/c23-19-8-4-5-15(13-19)14-20(21(24)26)25-22(27)18-11-9-17(10-12-18)16-6-2-1-3-7-16/h1-13,20H,14H2,(H2,24,26)(H,25,27)/t20-/m1/s1. The summed E-state index contributed by atoms with van der Waals surface area (Å²) >= 11 is 0. The quantitative estimate of drug-likeness (QED) is 0.706. The van der Waals surface area contributed by atoms with E-state index in [1.807, 2.05) is 42.5 Å². The third-order valence-corrected chi connectivity index (χ3v) is 4.23. The van der Waals surface area contributed by atoms with Crippen molar-refractivity contribution in [2.24, 2.45) is 5.73 Å². The molecule has 27 heavy (non-hydrogen) atoms. The predicted molar refractivity (Wildman–Crippen MR) is 102 cm³/mol. The Bertz CT molecular complexity index is 940. The SMILES string of the molecule is NC(=O)[C@@H](Cc1cccc(F)c1)NC(=O)c1ccc(-c2ccccc2)cc1. The van der Waals surface area contributed by atoms with Crippen LogP contribution in [0.2, 0.25) is 0 Å². The van der Waals surface area contributed by atoms with Gasteiger partial charge in [0.05, 0.1) is 0 Å². The third-order valence-electron chi connectivity index (χ3n) is 4.23. The summed E-state index contributed by atoms with van der Waals surface area (Å²) in [7, 11) is 0. The van der Waals surface area contributed by atoms with Gasteiger partial charge in [-0.2, -0.15) is 0 Å². The van der Waals surface area contributed by atoms with Gasteiger partial charge in [-0.1, -0.05) is 54.6 Å². The van der Waals surface area contributed by atoms with Crippen molar-refractivity contribution in [3.63, 3.8) is 0 Å². The maximum absolute atomic E-state index is 13.3. The molecule has 3 rings (SSSR count). The minimum atomic E-state index is -0.923. The summed E-state index contributed by atoms with van der Waals surface area (Å²) in [6.07, 6.45) is 0.126. The monoisotopic (exact) mass is 362 g/mol. The minimum absolute atomic E-state index is 0.126. The molecular formula is C22H19FN2O2. The topological polar surface area (TPSA) is 72.2 Å². The van der Waals surface area contributed by atoms with Gasteiger partial charge in [0.2, 0.25) is 5.91 Å². The van der Waals surface area contributed by atoms with E-state index in [2.05, 4.69) is 5.32 Å². The van der Waals surface area contributed by atoms with Gasteiger partial charge in [-0.25, -0.2) is 4.39 Å². The van der Waals surface area contributed by atoms with Crippen LogP contribution in [0.25, 0.3) is 11.1 Å². The summed E-state index contributed by atoms with van der Waals surface area (Å²) in [5.41, 5.74) is 8.43. The number of carbonyl (C=O) groups excluding carboxylic acids is 2. The van der Waals surface area contributed by atoms with Gasteiger partial charge < -0.3 is 11.1 Å². The Hall–Kier alpha value is -3.47. The van der Waals surface area contributed by atoms with E-state index in [0.29, 0.717) is 11.1 Å². The number of hydrogen-bond acceptors (Lipinski definition) is 2. The molecule has 0 bridgehead atoms. The van der Waals surface area contributed by atoms with E-state index >= 15 is 0 Å². The van der Waals surface area contributed by atoms with Crippen molar-refractivity contribution in [3.8, 4) is 11.1 Å². The average molecular weight is 362 g/mol. The zero-order valence-electron chi connectivity index (χ0n) is 14.6. The number of primary amides is 1. The van der Waals surface area contributed by atoms with Crippen molar-refractivity contribution in [2.75, 3.05) is 0 Å². The second-order valence-corrected chi connectivity index (χ2v) is 6.21. The number of amides is 2. The second kappa shape index (κ2) is 8.27. The summed E-state index contributed by atoms with van der Waals surface area (Å²) < 4.78 is 13.3. The first-order chi connectivity index (χ1) is 13.0. The van der Waals surface area contributed by atoms with Gasteiger partial charge in [0.25, 0.3) is 5.91 Å². The summed E-state index contributed by atoms with van der Waals surface area (Å²) in [6, 6.07) is 21.8. The van der Waals surface area contributed by atoms with Crippen molar-refractivity contribution in [2.45, 2.75) is 12.5 Å². The second-order valence-electron chi connectivity index (χ2n) is 6.21. The summed E-state index contributed by atoms with van der Waals surface area (Å²) in [6.45, 7) is 0. The first-order valence-corrected chi connectivity index (χ1v) is 8.53. The summed E-state index contributed by atoms with van der Waals surface area (Å²) in [5.74, 6) is -1.48. The molecule has 0 saturated heterocycles. The Labute approximate surface area is 156 Å². The number of nitrogens with two attached hydrogens (primary N) is 1. The number of halogens is 1. The first kappa shape index (κ1) is 18.3. The molecule has 4 nitrogen and oxygen atoms in total. The smallest absolute Gasteiger partial charge is 0.251 e. The Balaban J connectivity index is 1.71. The van der Waals surface area contributed by atoms with Crippen LogP contribution >= 0.6 is 0 Å². The van der Waals surface area contributed by atoms with Gasteiger partial charge in [0.15, 0.2) is 0 Å². The van der Waals surface area contributed by atoms with Crippen molar-refractivity contribution >= 4 is 11.8 Å². The van der Waals surface area contributed by atoms with Crippen molar-refractivity contribution < 1.29 is 14.0 Å². The fourth-order valence-corrected chi connectivity index (χ4v) is 2.81. The van der Waals surface area contributed by atoms with Gasteiger partial charge >= 0.3 is 0 Å². The molecule has 0 heterocycles. The highest BCUT2D eigenvalue weighted by Crippen LogP contribution is 2.19. The molecule has 3 aromatic carbocycles. The molecule has 0 spiro atoms.